The van der Waals surface area contributed by atoms with Crippen molar-refractivity contribution in [1.82, 2.24) is 9.78 Å². The van der Waals surface area contributed by atoms with Crippen LogP contribution in [0, 0.1) is 17.2 Å². The number of hydrogen-bond donors (Lipinski definition) is 0. The van der Waals surface area contributed by atoms with Crippen LogP contribution >= 0.6 is 0 Å². The molecule has 1 aliphatic carbocycles. The van der Waals surface area contributed by atoms with E-state index >= 15 is 0 Å². The van der Waals surface area contributed by atoms with Crippen molar-refractivity contribution in [3.8, 4) is 11.8 Å². The highest BCUT2D eigenvalue weighted by molar-refractivity contribution is 6.11. The number of carbonyl (C=O) groups excluding carboxylic acids is 2. The van der Waals surface area contributed by atoms with E-state index in [0.29, 0.717) is 30.6 Å². The highest BCUT2D eigenvalue weighted by Crippen LogP contribution is 2.28. The number of aromatic nitrogens is 2. The second-order valence-electron chi connectivity index (χ2n) is 8.26. The van der Waals surface area contributed by atoms with Crippen molar-refractivity contribution in [2.45, 2.75) is 45.6 Å². The van der Waals surface area contributed by atoms with Gasteiger partial charge in [-0.1, -0.05) is 6.08 Å². The fourth-order valence-electron chi connectivity index (χ4n) is 3.45. The number of allylic oxidation sites excluding steroid dienone is 2. The minimum absolute atomic E-state index is 0.0191. The minimum atomic E-state index is -0.598. The maximum atomic E-state index is 12.7. The van der Waals surface area contributed by atoms with E-state index in [1.165, 1.54) is 4.68 Å². The first-order chi connectivity index (χ1) is 14.2. The average Bonchev–Trinajstić information content (AvgIpc) is 3.13. The highest BCUT2D eigenvalue weighted by atomic mass is 16.6. The van der Waals surface area contributed by atoms with E-state index in [1.807, 2.05) is 26.8 Å². The van der Waals surface area contributed by atoms with Crippen LogP contribution in [0.4, 0.5) is 4.79 Å². The molecule has 30 heavy (non-hydrogen) atoms. The number of nitrogens with zero attached hydrogens (tertiary/aromatic N) is 3. The topological polar surface area (TPSA) is 94.2 Å². The smallest absolute Gasteiger partial charge is 0.435 e. The van der Waals surface area contributed by atoms with Crippen molar-refractivity contribution in [3.05, 3.63) is 58.9 Å². The molecule has 0 fully saturated rings. The van der Waals surface area contributed by atoms with Gasteiger partial charge in [-0.2, -0.15) is 15.0 Å². The van der Waals surface area contributed by atoms with Crippen LogP contribution in [0.5, 0.6) is 5.75 Å². The van der Waals surface area contributed by atoms with Crippen LogP contribution in [-0.4, -0.2) is 34.4 Å². The predicted octanol–water partition coefficient (Wildman–Crippen LogP) is 4.11. The van der Waals surface area contributed by atoms with E-state index in [-0.39, 0.29) is 17.3 Å². The number of carbonyl (C=O) groups is 2. The third kappa shape index (κ3) is 4.77. The number of nitriles is 1. The molecule has 0 aliphatic heterocycles. The largest absolute Gasteiger partial charge is 0.497 e. The average molecular weight is 407 g/mol. The van der Waals surface area contributed by atoms with Crippen molar-refractivity contribution in [3.63, 3.8) is 0 Å². The summed E-state index contributed by atoms with van der Waals surface area (Å²) in [6, 6.07) is 8.72. The Morgan fingerprint density at radius 1 is 1.27 bits per heavy atom. The quantitative estimate of drug-likeness (QED) is 0.430. The first kappa shape index (κ1) is 21.3. The molecule has 1 heterocycles. The van der Waals surface area contributed by atoms with Crippen molar-refractivity contribution in [1.29, 1.82) is 5.26 Å². The summed E-state index contributed by atoms with van der Waals surface area (Å²) in [4.78, 5) is 25.1. The molecule has 0 bridgehead atoms. The molecule has 0 spiro atoms. The molecule has 1 atom stereocenters. The molecule has 7 nitrogen and oxygen atoms in total. The van der Waals surface area contributed by atoms with E-state index in [1.54, 1.807) is 43.6 Å². The summed E-state index contributed by atoms with van der Waals surface area (Å²) in [5, 5.41) is 13.7. The van der Waals surface area contributed by atoms with Crippen molar-refractivity contribution < 1.29 is 19.1 Å². The van der Waals surface area contributed by atoms with Crippen molar-refractivity contribution in [2.24, 2.45) is 5.92 Å². The molecule has 1 aliphatic rings. The summed E-state index contributed by atoms with van der Waals surface area (Å²) >= 11 is 0. The van der Waals surface area contributed by atoms with Gasteiger partial charge in [-0.25, -0.2) is 4.79 Å². The molecule has 0 saturated carbocycles. The summed E-state index contributed by atoms with van der Waals surface area (Å²) in [7, 11) is 1.56. The van der Waals surface area contributed by atoms with Gasteiger partial charge >= 0.3 is 6.09 Å². The predicted molar refractivity (Wildman–Crippen MR) is 110 cm³/mol. The number of benzene rings is 1. The van der Waals surface area contributed by atoms with E-state index < -0.39 is 11.7 Å². The van der Waals surface area contributed by atoms with Gasteiger partial charge in [-0.05, 0) is 75.8 Å². The second-order valence-corrected chi connectivity index (χ2v) is 8.26. The van der Waals surface area contributed by atoms with Crippen LogP contribution in [0.2, 0.25) is 0 Å². The van der Waals surface area contributed by atoms with E-state index in [4.69, 9.17) is 9.47 Å². The van der Waals surface area contributed by atoms with Gasteiger partial charge < -0.3 is 9.47 Å². The summed E-state index contributed by atoms with van der Waals surface area (Å²) < 4.78 is 11.8. The zero-order valence-electron chi connectivity index (χ0n) is 17.6. The third-order valence-electron chi connectivity index (χ3n) is 4.88. The molecular weight excluding hydrogens is 382 g/mol. The zero-order valence-corrected chi connectivity index (χ0v) is 17.6. The Balaban J connectivity index is 1.75. The molecule has 0 radical (unpaired) electrons. The molecule has 0 N–H and O–H groups in total. The van der Waals surface area contributed by atoms with Crippen LogP contribution in [-0.2, 0) is 17.6 Å². The summed E-state index contributed by atoms with van der Waals surface area (Å²) in [6.07, 6.45) is 4.84. The Bertz CT molecular complexity index is 1020. The number of Topliss-reactive ketones (excluding diaryl/α,β-unsaturated/α-hetero) is 1. The van der Waals surface area contributed by atoms with E-state index in [9.17, 15) is 14.9 Å². The number of rotatable bonds is 4. The fourth-order valence-corrected chi connectivity index (χ4v) is 3.45. The lowest BCUT2D eigenvalue weighted by Gasteiger charge is -2.22. The van der Waals surface area contributed by atoms with Crippen molar-refractivity contribution in [2.75, 3.05) is 7.11 Å². The SMILES string of the molecule is COc1ccc(C(=O)/C(C#N)=C/C2CCc3c(cnn3C(=O)OC(C)(C)C)C2)cc1. The second kappa shape index (κ2) is 8.54. The molecule has 0 amide bonds. The molecule has 0 saturated heterocycles. The first-order valence-electron chi connectivity index (χ1n) is 9.81. The maximum absolute atomic E-state index is 12.7. The lowest BCUT2D eigenvalue weighted by molar-refractivity contribution is 0.0508. The Hall–Kier alpha value is -3.40. The van der Waals surface area contributed by atoms with Gasteiger partial charge in [0, 0.05) is 5.56 Å². The third-order valence-corrected chi connectivity index (χ3v) is 4.88. The zero-order chi connectivity index (χ0) is 21.9. The van der Waals surface area contributed by atoms with Gasteiger partial charge in [0.15, 0.2) is 0 Å². The summed E-state index contributed by atoms with van der Waals surface area (Å²) in [6.45, 7) is 5.43. The molecule has 1 aromatic carbocycles. The van der Waals surface area contributed by atoms with Crippen LogP contribution in [0.3, 0.4) is 0 Å². The molecule has 156 valence electrons. The monoisotopic (exact) mass is 407 g/mol. The number of ketones is 1. The Kier molecular flexibility index (Phi) is 6.06. The standard InChI is InChI=1S/C23H25N3O4/c1-23(2,3)30-22(28)26-20-10-5-15(12-18(20)14-25-26)11-17(13-24)21(27)16-6-8-19(29-4)9-7-16/h6-9,11,14-15H,5,10,12H2,1-4H3/b17-11+. The Morgan fingerprint density at radius 2 is 1.97 bits per heavy atom. The molecule has 3 rings (SSSR count). The van der Waals surface area contributed by atoms with Crippen LogP contribution in [0.25, 0.3) is 0 Å². The fraction of sp³-hybridized carbons (Fsp3) is 0.391. The van der Waals surface area contributed by atoms with Gasteiger partial charge in [0.05, 0.1) is 24.6 Å². The van der Waals surface area contributed by atoms with E-state index in [2.05, 4.69) is 5.10 Å². The highest BCUT2D eigenvalue weighted by Gasteiger charge is 2.27. The van der Waals surface area contributed by atoms with Gasteiger partial charge in [0.2, 0.25) is 5.78 Å². The van der Waals surface area contributed by atoms with E-state index in [0.717, 1.165) is 11.3 Å². The van der Waals surface area contributed by atoms with Crippen LogP contribution in [0.15, 0.2) is 42.1 Å². The van der Waals surface area contributed by atoms with Gasteiger partial charge in [-0.15, -0.1) is 0 Å². The molecule has 2 aromatic rings. The van der Waals surface area contributed by atoms with Gasteiger partial charge in [-0.3, -0.25) is 4.79 Å². The maximum Gasteiger partial charge on any atom is 0.435 e. The lowest BCUT2D eigenvalue weighted by Crippen LogP contribution is -2.29. The lowest BCUT2D eigenvalue weighted by atomic mass is 9.85. The number of methoxy groups -OCH3 is 1. The molecular formula is C23H25N3O4. The minimum Gasteiger partial charge on any atom is -0.497 e. The van der Waals surface area contributed by atoms with Gasteiger partial charge in [0.25, 0.3) is 0 Å². The summed E-state index contributed by atoms with van der Waals surface area (Å²) in [5.41, 5.74) is 1.72. The normalized spacial score (nSPS) is 16.4. The molecule has 1 unspecified atom stereocenters. The Labute approximate surface area is 175 Å². The summed E-state index contributed by atoms with van der Waals surface area (Å²) in [5.74, 6) is 0.358. The molecule has 1 aromatic heterocycles. The first-order valence-corrected chi connectivity index (χ1v) is 9.81. The van der Waals surface area contributed by atoms with Crippen molar-refractivity contribution >= 4 is 11.9 Å². The van der Waals surface area contributed by atoms with Crippen LogP contribution in [0.1, 0.15) is 48.8 Å². The number of ether oxygens (including phenoxy) is 2. The van der Waals surface area contributed by atoms with Gasteiger partial charge in [0.1, 0.15) is 17.4 Å². The number of hydrogen-bond acceptors (Lipinski definition) is 6. The van der Waals surface area contributed by atoms with Crippen LogP contribution < -0.4 is 4.74 Å². The molecule has 7 heteroatoms. The Morgan fingerprint density at radius 3 is 2.57 bits per heavy atom. The number of fused-ring (bicyclic) bond motifs is 1.